The zero-order chi connectivity index (χ0) is 33.6. The van der Waals surface area contributed by atoms with Gasteiger partial charge in [-0.25, -0.2) is 4.39 Å². The van der Waals surface area contributed by atoms with E-state index in [1.807, 2.05) is 26.8 Å². The Morgan fingerprint density at radius 3 is 2.21 bits per heavy atom. The van der Waals surface area contributed by atoms with Gasteiger partial charge in [-0.1, -0.05) is 53.1 Å². The number of nitrogens with zero attached hydrogens (tertiary/aromatic N) is 2. The Hall–Kier alpha value is -4.21. The second-order valence-electron chi connectivity index (χ2n) is 13.8. The summed E-state index contributed by atoms with van der Waals surface area (Å²) < 4.78 is 13.8. The summed E-state index contributed by atoms with van der Waals surface area (Å²) in [5, 5.41) is 11.9. The predicted octanol–water partition coefficient (Wildman–Crippen LogP) is 6.62. The van der Waals surface area contributed by atoms with Crippen molar-refractivity contribution in [2.75, 3.05) is 5.43 Å². The van der Waals surface area contributed by atoms with Crippen molar-refractivity contribution in [3.05, 3.63) is 105 Å². The monoisotopic (exact) mass is 675 g/mol. The molecule has 3 fully saturated rings. The summed E-state index contributed by atoms with van der Waals surface area (Å²) >= 11 is 13.2. The van der Waals surface area contributed by atoms with Crippen LogP contribution in [-0.4, -0.2) is 44.2 Å². The van der Waals surface area contributed by atoms with E-state index in [1.54, 1.807) is 30.3 Å². The van der Waals surface area contributed by atoms with Gasteiger partial charge in [-0.15, -0.1) is 0 Å². The average Bonchev–Trinajstić information content (AvgIpc) is 3.40. The Labute approximate surface area is 281 Å². The Balaban J connectivity index is 1.47. The Bertz CT molecular complexity index is 1870. The highest BCUT2D eigenvalue weighted by Crippen LogP contribution is 2.65. The molecular weight excluding hydrogens is 644 g/mol. The molecule has 3 aromatic rings. The van der Waals surface area contributed by atoms with E-state index in [2.05, 4.69) is 5.43 Å². The van der Waals surface area contributed by atoms with Gasteiger partial charge in [0.1, 0.15) is 11.6 Å². The van der Waals surface area contributed by atoms with Crippen molar-refractivity contribution in [2.45, 2.75) is 50.5 Å². The lowest BCUT2D eigenvalue weighted by molar-refractivity contribution is -0.146. The van der Waals surface area contributed by atoms with Gasteiger partial charge in [-0.2, -0.15) is 5.01 Å². The quantitative estimate of drug-likeness (QED) is 0.238. The third kappa shape index (κ3) is 4.61. The third-order valence-electron chi connectivity index (χ3n) is 10.2. The molecule has 11 heteroatoms. The van der Waals surface area contributed by atoms with Crippen LogP contribution in [-0.2, 0) is 24.6 Å². The van der Waals surface area contributed by atoms with Crippen molar-refractivity contribution in [2.24, 2.45) is 23.7 Å². The number of phenolic OH excluding ortho intramolecular Hbond substituents is 1. The number of allylic oxidation sites excluding steroid dienone is 2. The number of rotatable bonds is 4. The first-order chi connectivity index (χ1) is 22.2. The summed E-state index contributed by atoms with van der Waals surface area (Å²) in [5.74, 6) is -5.92. The molecule has 4 aliphatic rings. The first kappa shape index (κ1) is 31.4. The van der Waals surface area contributed by atoms with E-state index in [0.717, 1.165) is 10.6 Å². The Kier molecular flexibility index (Phi) is 7.29. The minimum Gasteiger partial charge on any atom is -0.508 e. The molecule has 4 amide bonds. The third-order valence-corrected chi connectivity index (χ3v) is 10.8. The Morgan fingerprint density at radius 2 is 1.57 bits per heavy atom. The smallest absolute Gasteiger partial charge is 0.260 e. The maximum Gasteiger partial charge on any atom is 0.260 e. The van der Waals surface area contributed by atoms with Gasteiger partial charge in [0, 0.05) is 21.5 Å². The molecule has 2 aliphatic carbocycles. The first-order valence-corrected chi connectivity index (χ1v) is 16.2. The number of carbonyl (C=O) groups is 4. The number of hydrazine groups is 1. The van der Waals surface area contributed by atoms with Crippen molar-refractivity contribution in [1.29, 1.82) is 0 Å². The number of benzene rings is 3. The highest BCUT2D eigenvalue weighted by Gasteiger charge is 2.70. The molecule has 2 aliphatic heterocycles. The average molecular weight is 677 g/mol. The normalized spacial score (nSPS) is 28.6. The molecule has 1 saturated carbocycles. The molecule has 3 aromatic carbocycles. The van der Waals surface area contributed by atoms with E-state index in [-0.39, 0.29) is 35.4 Å². The predicted molar refractivity (Wildman–Crippen MR) is 174 cm³/mol. The second kappa shape index (κ2) is 10.9. The number of halogens is 3. The maximum atomic E-state index is 15.1. The maximum absolute atomic E-state index is 15.1. The molecule has 2 N–H and O–H groups in total. The van der Waals surface area contributed by atoms with Crippen LogP contribution < -0.4 is 5.43 Å². The molecule has 2 heterocycles. The number of aromatic hydroxyl groups is 1. The lowest BCUT2D eigenvalue weighted by atomic mass is 9.49. The van der Waals surface area contributed by atoms with Crippen molar-refractivity contribution < 1.29 is 28.7 Å². The van der Waals surface area contributed by atoms with Crippen LogP contribution in [0, 0.1) is 29.5 Å². The lowest BCUT2D eigenvalue weighted by Gasteiger charge is -2.50. The van der Waals surface area contributed by atoms with Crippen LogP contribution in [0.4, 0.5) is 10.1 Å². The van der Waals surface area contributed by atoms with E-state index in [9.17, 15) is 23.9 Å². The molecule has 6 atom stereocenters. The fourth-order valence-corrected chi connectivity index (χ4v) is 8.82. The minimum absolute atomic E-state index is 0.0771. The van der Waals surface area contributed by atoms with Gasteiger partial charge in [0.2, 0.25) is 11.8 Å². The van der Waals surface area contributed by atoms with Gasteiger partial charge < -0.3 is 5.11 Å². The molecule has 242 valence electrons. The van der Waals surface area contributed by atoms with E-state index in [4.69, 9.17) is 23.2 Å². The van der Waals surface area contributed by atoms with Crippen LogP contribution in [0.25, 0.3) is 0 Å². The number of anilines is 1. The number of hydrogen-bond acceptors (Lipinski definition) is 6. The first-order valence-electron chi connectivity index (χ1n) is 15.5. The number of hydrogen-bond donors (Lipinski definition) is 2. The number of fused-ring (bicyclic) bond motifs is 4. The van der Waals surface area contributed by atoms with Crippen molar-refractivity contribution >= 4 is 52.5 Å². The van der Waals surface area contributed by atoms with E-state index >= 15 is 4.79 Å². The molecule has 0 spiro atoms. The molecule has 8 nitrogen and oxygen atoms in total. The van der Waals surface area contributed by atoms with Crippen LogP contribution in [0.15, 0.2) is 78.4 Å². The zero-order valence-electron chi connectivity index (χ0n) is 25.8. The highest BCUT2D eigenvalue weighted by atomic mass is 35.5. The van der Waals surface area contributed by atoms with Gasteiger partial charge in [0.25, 0.3) is 11.8 Å². The van der Waals surface area contributed by atoms with Gasteiger partial charge in [-0.3, -0.25) is 29.5 Å². The van der Waals surface area contributed by atoms with Gasteiger partial charge in [-0.05, 0) is 99.2 Å². The second-order valence-corrected chi connectivity index (χ2v) is 14.6. The number of likely N-dealkylation sites (tertiary alicyclic amines) is 1. The van der Waals surface area contributed by atoms with Crippen LogP contribution in [0.2, 0.25) is 10.0 Å². The van der Waals surface area contributed by atoms with E-state index in [1.165, 1.54) is 41.3 Å². The fourth-order valence-electron chi connectivity index (χ4n) is 8.41. The summed E-state index contributed by atoms with van der Waals surface area (Å²) in [6.45, 7) is 5.45. The highest BCUT2D eigenvalue weighted by molar-refractivity contribution is 6.32. The van der Waals surface area contributed by atoms with Crippen molar-refractivity contribution in [1.82, 2.24) is 9.91 Å². The lowest BCUT2D eigenvalue weighted by Crippen LogP contribution is -2.53. The molecule has 47 heavy (non-hydrogen) atoms. The Morgan fingerprint density at radius 1 is 0.894 bits per heavy atom. The topological polar surface area (TPSA) is 107 Å². The molecular formula is C36H32Cl2FN3O5. The SMILES string of the molecule is CC(C)(C)N1C(=O)[C@H]2[C@H](CC=C3[C@H]2C[C@H]2C(=O)N(Nc4ccc(F)cc4)C(=O)[C@@]2(c2ccc(Cl)cc2)[C@H]3c2ccc(O)cc2Cl)C1=O. The van der Waals surface area contributed by atoms with Gasteiger partial charge in [0.05, 0.1) is 28.9 Å². The molecule has 0 aromatic heterocycles. The number of carbonyl (C=O) groups excluding carboxylic acids is 4. The molecule has 0 radical (unpaired) electrons. The fraction of sp³-hybridized carbons (Fsp3) is 0.333. The van der Waals surface area contributed by atoms with E-state index < -0.39 is 58.2 Å². The summed E-state index contributed by atoms with van der Waals surface area (Å²) in [5.41, 5.74) is 2.70. The number of nitrogens with one attached hydrogen (secondary N) is 1. The summed E-state index contributed by atoms with van der Waals surface area (Å²) in [6.07, 6.45) is 2.34. The number of amides is 4. The molecule has 0 unspecified atom stereocenters. The molecule has 0 bridgehead atoms. The summed E-state index contributed by atoms with van der Waals surface area (Å²) in [4.78, 5) is 58.9. The van der Waals surface area contributed by atoms with Crippen LogP contribution in [0.5, 0.6) is 5.75 Å². The van der Waals surface area contributed by atoms with Crippen LogP contribution in [0.1, 0.15) is 50.7 Å². The standard InChI is InChI=1S/C36H32Cl2FN3O5/c1-35(2,3)41-31(44)25-15-14-23-26(29(25)33(41)46)17-27-32(45)42(40-21-10-8-20(39)9-11-21)34(47)36(27,18-4-6-19(37)7-5-18)30(23)24-13-12-22(43)16-28(24)38/h4-14,16,25-27,29-30,40,43H,15,17H2,1-3H3/t25-,26+,27-,29-,30+,36+/m0/s1. The van der Waals surface area contributed by atoms with Crippen LogP contribution >= 0.6 is 23.2 Å². The van der Waals surface area contributed by atoms with Crippen molar-refractivity contribution in [3.63, 3.8) is 0 Å². The summed E-state index contributed by atoms with van der Waals surface area (Å²) in [6, 6.07) is 16.6. The largest absolute Gasteiger partial charge is 0.508 e. The van der Waals surface area contributed by atoms with Crippen LogP contribution in [0.3, 0.4) is 0 Å². The molecule has 2 saturated heterocycles. The van der Waals surface area contributed by atoms with Gasteiger partial charge >= 0.3 is 0 Å². The number of phenols is 1. The minimum atomic E-state index is -1.56. The van der Waals surface area contributed by atoms with Crippen molar-refractivity contribution in [3.8, 4) is 5.75 Å². The number of imide groups is 2. The van der Waals surface area contributed by atoms with Gasteiger partial charge in [0.15, 0.2) is 0 Å². The molecule has 7 rings (SSSR count). The zero-order valence-corrected chi connectivity index (χ0v) is 27.3. The van der Waals surface area contributed by atoms with E-state index in [0.29, 0.717) is 21.8 Å². The summed E-state index contributed by atoms with van der Waals surface area (Å²) in [7, 11) is 0.